The van der Waals surface area contributed by atoms with Crippen LogP contribution in [0.3, 0.4) is 0 Å². The van der Waals surface area contributed by atoms with E-state index in [0.29, 0.717) is 17.0 Å². The van der Waals surface area contributed by atoms with Gasteiger partial charge >= 0.3 is 0 Å². The third-order valence-corrected chi connectivity index (χ3v) is 6.77. The van der Waals surface area contributed by atoms with Crippen molar-refractivity contribution in [2.75, 3.05) is 18.0 Å². The normalized spacial score (nSPS) is 12.1. The molecular weight excluding hydrogens is 431 g/mol. The number of sulfonamides is 1. The Morgan fingerprint density at radius 2 is 1.72 bits per heavy atom. The molecule has 0 aliphatic carbocycles. The van der Waals surface area contributed by atoms with Crippen LogP contribution in [0.1, 0.15) is 24.1 Å². The first kappa shape index (κ1) is 23.3. The van der Waals surface area contributed by atoms with Crippen LogP contribution < -0.4 is 14.4 Å². The van der Waals surface area contributed by atoms with E-state index in [1.165, 1.54) is 31.4 Å². The van der Waals surface area contributed by atoms with Crippen molar-refractivity contribution in [2.24, 2.45) is 0 Å². The molecule has 0 unspecified atom stereocenters. The Hall–Kier alpha value is -3.39. The van der Waals surface area contributed by atoms with Gasteiger partial charge in [0.1, 0.15) is 18.1 Å². The first-order valence-electron chi connectivity index (χ1n) is 9.99. The summed E-state index contributed by atoms with van der Waals surface area (Å²) >= 11 is 0. The van der Waals surface area contributed by atoms with Gasteiger partial charge in [-0.1, -0.05) is 35.9 Å². The van der Waals surface area contributed by atoms with Crippen molar-refractivity contribution in [3.05, 3.63) is 89.7 Å². The molecule has 1 amide bonds. The molecule has 32 heavy (non-hydrogen) atoms. The lowest BCUT2D eigenvalue weighted by Crippen LogP contribution is -2.41. The fraction of sp³-hybridized carbons (Fsp3) is 0.208. The smallest absolute Gasteiger partial charge is 0.264 e. The fourth-order valence-corrected chi connectivity index (χ4v) is 4.58. The highest BCUT2D eigenvalue weighted by Crippen LogP contribution is 2.27. The van der Waals surface area contributed by atoms with Gasteiger partial charge in [0.15, 0.2) is 0 Å². The number of aryl methyl sites for hydroxylation is 1. The fourth-order valence-electron chi connectivity index (χ4n) is 3.17. The van der Waals surface area contributed by atoms with Crippen molar-refractivity contribution in [1.82, 2.24) is 5.32 Å². The van der Waals surface area contributed by atoms with Crippen LogP contribution in [-0.4, -0.2) is 28.0 Å². The van der Waals surface area contributed by atoms with Crippen LogP contribution in [0.15, 0.2) is 77.7 Å². The van der Waals surface area contributed by atoms with Gasteiger partial charge < -0.3 is 10.1 Å². The zero-order chi connectivity index (χ0) is 23.3. The predicted molar refractivity (Wildman–Crippen MR) is 122 cm³/mol. The van der Waals surface area contributed by atoms with Crippen molar-refractivity contribution in [1.29, 1.82) is 0 Å². The van der Waals surface area contributed by atoms with Crippen molar-refractivity contribution in [2.45, 2.75) is 24.8 Å². The minimum Gasteiger partial charge on any atom is -0.497 e. The van der Waals surface area contributed by atoms with Crippen LogP contribution in [0.25, 0.3) is 0 Å². The number of ether oxygens (including phenoxy) is 1. The lowest BCUT2D eigenvalue weighted by atomic mass is 10.1. The predicted octanol–water partition coefficient (Wildman–Crippen LogP) is 4.22. The number of nitrogens with zero attached hydrogens (tertiary/aromatic N) is 1. The first-order chi connectivity index (χ1) is 15.2. The second-order valence-electron chi connectivity index (χ2n) is 7.37. The lowest BCUT2D eigenvalue weighted by Gasteiger charge is -2.25. The van der Waals surface area contributed by atoms with E-state index in [1.807, 2.05) is 6.92 Å². The molecule has 1 atom stereocenters. The molecule has 0 saturated heterocycles. The summed E-state index contributed by atoms with van der Waals surface area (Å²) in [5.74, 6) is -0.410. The largest absolute Gasteiger partial charge is 0.497 e. The highest BCUT2D eigenvalue weighted by molar-refractivity contribution is 7.92. The number of methoxy groups -OCH3 is 1. The summed E-state index contributed by atoms with van der Waals surface area (Å²) in [5.41, 5.74) is 1.92. The highest BCUT2D eigenvalue weighted by Gasteiger charge is 2.28. The zero-order valence-electron chi connectivity index (χ0n) is 18.1. The second-order valence-corrected chi connectivity index (χ2v) is 9.23. The monoisotopic (exact) mass is 456 g/mol. The maximum Gasteiger partial charge on any atom is 0.264 e. The van der Waals surface area contributed by atoms with Crippen molar-refractivity contribution in [3.8, 4) is 5.75 Å². The van der Waals surface area contributed by atoms with E-state index in [9.17, 15) is 17.6 Å². The molecule has 0 radical (unpaired) electrons. The molecule has 0 spiro atoms. The van der Waals surface area contributed by atoms with Gasteiger partial charge in [-0.05, 0) is 55.8 Å². The van der Waals surface area contributed by atoms with Crippen molar-refractivity contribution < 1.29 is 22.3 Å². The molecule has 3 aromatic carbocycles. The molecule has 0 aliphatic heterocycles. The Labute approximate surface area is 187 Å². The van der Waals surface area contributed by atoms with Gasteiger partial charge in [0.2, 0.25) is 5.91 Å². The third kappa shape index (κ3) is 5.45. The van der Waals surface area contributed by atoms with Gasteiger partial charge in [0, 0.05) is 6.07 Å². The molecule has 168 valence electrons. The van der Waals surface area contributed by atoms with E-state index < -0.39 is 28.5 Å². The van der Waals surface area contributed by atoms with E-state index in [4.69, 9.17) is 4.74 Å². The number of carbonyl (C=O) groups excluding carboxylic acids is 1. The summed E-state index contributed by atoms with van der Waals surface area (Å²) in [7, 11) is -2.55. The number of benzene rings is 3. The number of carbonyl (C=O) groups is 1. The maximum absolute atomic E-state index is 13.4. The summed E-state index contributed by atoms with van der Waals surface area (Å²) < 4.78 is 46.3. The molecule has 1 N–H and O–H groups in total. The van der Waals surface area contributed by atoms with Gasteiger partial charge in [-0.15, -0.1) is 0 Å². The molecule has 0 bridgehead atoms. The number of halogens is 1. The van der Waals surface area contributed by atoms with E-state index >= 15 is 0 Å². The SMILES string of the molecule is COc1cccc(N(CC(=O)N[C@@H](C)c2ccc(F)cc2)S(=O)(=O)c2ccc(C)cc2)c1. The molecule has 0 aliphatic rings. The Kier molecular flexibility index (Phi) is 7.15. The quantitative estimate of drug-likeness (QED) is 0.551. The average Bonchev–Trinajstić information content (AvgIpc) is 2.78. The Morgan fingerprint density at radius 3 is 2.34 bits per heavy atom. The molecule has 0 saturated carbocycles. The van der Waals surface area contributed by atoms with Gasteiger partial charge in [-0.3, -0.25) is 9.10 Å². The van der Waals surface area contributed by atoms with Crippen LogP contribution in [0.5, 0.6) is 5.75 Å². The van der Waals surface area contributed by atoms with Crippen LogP contribution >= 0.6 is 0 Å². The second kappa shape index (κ2) is 9.82. The molecule has 3 aromatic rings. The van der Waals surface area contributed by atoms with E-state index in [-0.39, 0.29) is 10.7 Å². The Bertz CT molecular complexity index is 1180. The number of hydrogen-bond acceptors (Lipinski definition) is 4. The molecule has 0 heterocycles. The Balaban J connectivity index is 1.90. The average molecular weight is 457 g/mol. The molecule has 0 fully saturated rings. The topological polar surface area (TPSA) is 75.7 Å². The molecule has 8 heteroatoms. The number of nitrogens with one attached hydrogen (secondary N) is 1. The maximum atomic E-state index is 13.4. The molecule has 0 aromatic heterocycles. The summed E-state index contributed by atoms with van der Waals surface area (Å²) in [6.45, 7) is 3.17. The number of amides is 1. The van der Waals surface area contributed by atoms with Crippen LogP contribution in [0, 0.1) is 12.7 Å². The standard InChI is InChI=1S/C24H25FN2O4S/c1-17-7-13-23(14-8-17)32(29,30)27(21-5-4-6-22(15-21)31-3)16-24(28)26-18(2)19-9-11-20(25)12-10-19/h4-15,18H,16H2,1-3H3,(H,26,28)/t18-/m0/s1. The van der Waals surface area contributed by atoms with Gasteiger partial charge in [-0.25, -0.2) is 12.8 Å². The van der Waals surface area contributed by atoms with Crippen LogP contribution in [0.4, 0.5) is 10.1 Å². The lowest BCUT2D eigenvalue weighted by molar-refractivity contribution is -0.120. The van der Waals surface area contributed by atoms with Gasteiger partial charge in [0.05, 0.1) is 23.7 Å². The minimum atomic E-state index is -4.03. The summed E-state index contributed by atoms with van der Waals surface area (Å²) in [6.07, 6.45) is 0. The van der Waals surface area contributed by atoms with Crippen molar-refractivity contribution in [3.63, 3.8) is 0 Å². The van der Waals surface area contributed by atoms with Crippen LogP contribution in [-0.2, 0) is 14.8 Å². The van der Waals surface area contributed by atoms with E-state index in [0.717, 1.165) is 9.87 Å². The molecule has 3 rings (SSSR count). The van der Waals surface area contributed by atoms with E-state index in [1.54, 1.807) is 55.5 Å². The summed E-state index contributed by atoms with van der Waals surface area (Å²) in [5, 5.41) is 2.78. The summed E-state index contributed by atoms with van der Waals surface area (Å²) in [4.78, 5) is 12.9. The molecular formula is C24H25FN2O4S. The minimum absolute atomic E-state index is 0.0744. The zero-order valence-corrected chi connectivity index (χ0v) is 18.9. The van der Waals surface area contributed by atoms with Crippen LogP contribution in [0.2, 0.25) is 0 Å². The van der Waals surface area contributed by atoms with Gasteiger partial charge in [0.25, 0.3) is 10.0 Å². The number of rotatable bonds is 8. The van der Waals surface area contributed by atoms with Crippen molar-refractivity contribution >= 4 is 21.6 Å². The van der Waals surface area contributed by atoms with Gasteiger partial charge in [-0.2, -0.15) is 0 Å². The first-order valence-corrected chi connectivity index (χ1v) is 11.4. The highest BCUT2D eigenvalue weighted by atomic mass is 32.2. The summed E-state index contributed by atoms with van der Waals surface area (Å²) in [6, 6.07) is 18.3. The molecule has 6 nitrogen and oxygen atoms in total. The Morgan fingerprint density at radius 1 is 1.06 bits per heavy atom. The number of anilines is 1. The third-order valence-electron chi connectivity index (χ3n) is 4.98. The van der Waals surface area contributed by atoms with E-state index in [2.05, 4.69) is 5.32 Å². The number of hydrogen-bond donors (Lipinski definition) is 1.